The smallest absolute Gasteiger partial charge is 0.253 e. The van der Waals surface area contributed by atoms with E-state index in [2.05, 4.69) is 16.4 Å². The van der Waals surface area contributed by atoms with Crippen LogP contribution < -0.4 is 11.1 Å². The van der Waals surface area contributed by atoms with Crippen molar-refractivity contribution >= 4 is 5.91 Å². The molecule has 4 nitrogen and oxygen atoms in total. The Bertz CT molecular complexity index is 724. The highest BCUT2D eigenvalue weighted by molar-refractivity contribution is 5.95. The molecule has 1 saturated carbocycles. The van der Waals surface area contributed by atoms with Gasteiger partial charge in [0.25, 0.3) is 5.91 Å². The van der Waals surface area contributed by atoms with Gasteiger partial charge in [-0.2, -0.15) is 0 Å². The fourth-order valence-electron chi connectivity index (χ4n) is 3.30. The van der Waals surface area contributed by atoms with Crippen LogP contribution in [-0.4, -0.2) is 16.9 Å². The molecule has 1 amide bonds. The Kier molecular flexibility index (Phi) is 3.19. The van der Waals surface area contributed by atoms with E-state index in [1.54, 1.807) is 6.20 Å². The van der Waals surface area contributed by atoms with E-state index in [-0.39, 0.29) is 18.0 Å². The average molecular weight is 293 g/mol. The molecule has 3 N–H and O–H groups in total. The number of carbonyl (C=O) groups excluding carboxylic acids is 1. The number of carbonyl (C=O) groups is 1. The summed E-state index contributed by atoms with van der Waals surface area (Å²) in [7, 11) is 0. The summed E-state index contributed by atoms with van der Waals surface area (Å²) in [5.41, 5.74) is 10.3. The fourth-order valence-corrected chi connectivity index (χ4v) is 3.30. The molecule has 2 aromatic rings. The van der Waals surface area contributed by atoms with Gasteiger partial charge >= 0.3 is 0 Å². The number of amides is 1. The van der Waals surface area contributed by atoms with Gasteiger partial charge in [-0.1, -0.05) is 24.3 Å². The number of benzene rings is 1. The number of fused-ring (bicyclic) bond motifs is 1. The number of rotatable bonds is 3. The van der Waals surface area contributed by atoms with Crippen LogP contribution in [0.25, 0.3) is 0 Å². The van der Waals surface area contributed by atoms with E-state index in [0.29, 0.717) is 11.5 Å². The monoisotopic (exact) mass is 293 g/mol. The van der Waals surface area contributed by atoms with Gasteiger partial charge in [0.05, 0.1) is 23.3 Å². The van der Waals surface area contributed by atoms with E-state index in [0.717, 1.165) is 30.5 Å². The molecule has 2 aliphatic rings. The van der Waals surface area contributed by atoms with Gasteiger partial charge in [0.2, 0.25) is 0 Å². The van der Waals surface area contributed by atoms with Crippen LogP contribution in [0.3, 0.4) is 0 Å². The van der Waals surface area contributed by atoms with Crippen LogP contribution in [-0.2, 0) is 6.42 Å². The number of nitrogens with zero attached hydrogens (tertiary/aromatic N) is 1. The lowest BCUT2D eigenvalue weighted by molar-refractivity contribution is 0.0932. The molecule has 1 aromatic heterocycles. The summed E-state index contributed by atoms with van der Waals surface area (Å²) < 4.78 is 0. The van der Waals surface area contributed by atoms with Crippen molar-refractivity contribution < 1.29 is 4.79 Å². The normalized spacial score (nSPS) is 23.1. The molecular weight excluding hydrogens is 274 g/mol. The molecule has 2 aliphatic carbocycles. The van der Waals surface area contributed by atoms with Gasteiger partial charge < -0.3 is 11.1 Å². The van der Waals surface area contributed by atoms with Crippen LogP contribution in [0.2, 0.25) is 0 Å². The molecule has 0 radical (unpaired) electrons. The molecule has 0 spiro atoms. The van der Waals surface area contributed by atoms with Gasteiger partial charge in [-0.05, 0) is 42.5 Å². The largest absolute Gasteiger partial charge is 0.347 e. The number of hydrogen-bond donors (Lipinski definition) is 2. The maximum Gasteiger partial charge on any atom is 0.253 e. The minimum Gasteiger partial charge on any atom is -0.347 e. The molecule has 0 bridgehead atoms. The first-order valence-electron chi connectivity index (χ1n) is 7.83. The Morgan fingerprint density at radius 1 is 1.18 bits per heavy atom. The Balaban J connectivity index is 1.54. The topological polar surface area (TPSA) is 68.0 Å². The van der Waals surface area contributed by atoms with Crippen molar-refractivity contribution in [3.63, 3.8) is 0 Å². The summed E-state index contributed by atoms with van der Waals surface area (Å²) in [4.78, 5) is 17.0. The van der Waals surface area contributed by atoms with Crippen molar-refractivity contribution in [1.82, 2.24) is 10.3 Å². The van der Waals surface area contributed by atoms with Crippen molar-refractivity contribution in [3.05, 3.63) is 65.0 Å². The van der Waals surface area contributed by atoms with E-state index in [1.165, 1.54) is 5.56 Å². The predicted molar refractivity (Wildman–Crippen MR) is 84.5 cm³/mol. The lowest BCUT2D eigenvalue weighted by Crippen LogP contribution is -2.41. The quantitative estimate of drug-likeness (QED) is 0.912. The molecule has 2 atom stereocenters. The van der Waals surface area contributed by atoms with Crippen molar-refractivity contribution in [1.29, 1.82) is 0 Å². The van der Waals surface area contributed by atoms with Crippen LogP contribution in [0.1, 0.15) is 52.0 Å². The molecule has 0 saturated heterocycles. The fraction of sp³-hybridized carbons (Fsp3) is 0.333. The molecule has 1 heterocycles. The van der Waals surface area contributed by atoms with Gasteiger partial charge in [0.15, 0.2) is 0 Å². The molecule has 4 heteroatoms. The first kappa shape index (κ1) is 13.5. The van der Waals surface area contributed by atoms with Gasteiger partial charge in [-0.3, -0.25) is 9.78 Å². The zero-order chi connectivity index (χ0) is 15.1. The molecule has 0 unspecified atom stereocenters. The predicted octanol–water partition coefficient (Wildman–Crippen LogP) is 2.31. The second kappa shape index (κ2) is 5.21. The summed E-state index contributed by atoms with van der Waals surface area (Å²) >= 11 is 0. The zero-order valence-corrected chi connectivity index (χ0v) is 12.3. The van der Waals surface area contributed by atoms with E-state index in [9.17, 15) is 4.79 Å². The maximum absolute atomic E-state index is 12.6. The third-order valence-electron chi connectivity index (χ3n) is 4.65. The Morgan fingerprint density at radius 2 is 2.00 bits per heavy atom. The third kappa shape index (κ3) is 2.29. The summed E-state index contributed by atoms with van der Waals surface area (Å²) in [6.07, 6.45) is 4.82. The molecule has 4 rings (SSSR count). The van der Waals surface area contributed by atoms with Gasteiger partial charge in [0.1, 0.15) is 0 Å². The van der Waals surface area contributed by atoms with E-state index in [4.69, 9.17) is 5.73 Å². The van der Waals surface area contributed by atoms with Crippen LogP contribution in [0, 0.1) is 0 Å². The van der Waals surface area contributed by atoms with Crippen LogP contribution in [0.4, 0.5) is 0 Å². The number of nitrogens with two attached hydrogens (primary N) is 1. The minimum absolute atomic E-state index is 0.0443. The first-order chi connectivity index (χ1) is 10.7. The number of hydrogen-bond acceptors (Lipinski definition) is 3. The van der Waals surface area contributed by atoms with E-state index < -0.39 is 0 Å². The van der Waals surface area contributed by atoms with Crippen molar-refractivity contribution in [2.45, 2.75) is 37.3 Å². The standard InChI is InChI=1S/C18H19N3O/c19-16-13-5-2-1-4-12(13)10-15(16)21-18(22)14-6-3-9-20-17(14)11-7-8-11/h1-6,9,11,15-16H,7-8,10,19H2,(H,21,22)/t15-,16-/m1/s1. The lowest BCUT2D eigenvalue weighted by atomic mass is 10.1. The van der Waals surface area contributed by atoms with Crippen molar-refractivity contribution in [2.24, 2.45) is 5.73 Å². The first-order valence-corrected chi connectivity index (χ1v) is 7.83. The number of nitrogens with one attached hydrogen (secondary N) is 1. The minimum atomic E-state index is -0.138. The summed E-state index contributed by atoms with van der Waals surface area (Å²) in [6, 6.07) is 11.6. The highest BCUT2D eigenvalue weighted by atomic mass is 16.1. The zero-order valence-electron chi connectivity index (χ0n) is 12.3. The van der Waals surface area contributed by atoms with Crippen LogP contribution in [0.15, 0.2) is 42.6 Å². The number of pyridine rings is 1. The Hall–Kier alpha value is -2.20. The Labute approximate surface area is 129 Å². The molecular formula is C18H19N3O. The molecule has 1 fully saturated rings. The van der Waals surface area contributed by atoms with Crippen molar-refractivity contribution in [2.75, 3.05) is 0 Å². The van der Waals surface area contributed by atoms with Crippen LogP contribution in [0.5, 0.6) is 0 Å². The SMILES string of the molecule is N[C@@H]1c2ccccc2C[C@H]1NC(=O)c1cccnc1C1CC1. The third-order valence-corrected chi connectivity index (χ3v) is 4.65. The molecule has 112 valence electrons. The summed E-state index contributed by atoms with van der Waals surface area (Å²) in [6.45, 7) is 0. The van der Waals surface area contributed by atoms with E-state index in [1.807, 2.05) is 30.3 Å². The summed E-state index contributed by atoms with van der Waals surface area (Å²) in [5.74, 6) is 0.402. The second-order valence-corrected chi connectivity index (χ2v) is 6.22. The second-order valence-electron chi connectivity index (χ2n) is 6.22. The maximum atomic E-state index is 12.6. The highest BCUT2D eigenvalue weighted by Gasteiger charge is 2.33. The van der Waals surface area contributed by atoms with E-state index >= 15 is 0 Å². The van der Waals surface area contributed by atoms with Gasteiger partial charge in [-0.25, -0.2) is 0 Å². The summed E-state index contributed by atoms with van der Waals surface area (Å²) in [5, 5.41) is 3.11. The highest BCUT2D eigenvalue weighted by Crippen LogP contribution is 2.40. The molecule has 22 heavy (non-hydrogen) atoms. The van der Waals surface area contributed by atoms with Crippen LogP contribution >= 0.6 is 0 Å². The lowest BCUT2D eigenvalue weighted by Gasteiger charge is -2.18. The average Bonchev–Trinajstić information content (AvgIpc) is 3.34. The number of aromatic nitrogens is 1. The molecule has 1 aromatic carbocycles. The Morgan fingerprint density at radius 3 is 2.77 bits per heavy atom. The van der Waals surface area contributed by atoms with Crippen molar-refractivity contribution in [3.8, 4) is 0 Å². The van der Waals surface area contributed by atoms with Gasteiger partial charge in [-0.15, -0.1) is 0 Å². The molecule has 0 aliphatic heterocycles. The van der Waals surface area contributed by atoms with Gasteiger partial charge in [0, 0.05) is 12.1 Å².